The quantitative estimate of drug-likeness (QED) is 0.736. The van der Waals surface area contributed by atoms with Crippen LogP contribution in [0.5, 0.6) is 0 Å². The predicted molar refractivity (Wildman–Crippen MR) is 107 cm³/mol. The average Bonchev–Trinajstić information content (AvgIpc) is 3.09. The lowest BCUT2D eigenvalue weighted by molar-refractivity contribution is -0.121. The second-order valence-corrected chi connectivity index (χ2v) is 7.42. The molecule has 1 N–H and O–H groups in total. The summed E-state index contributed by atoms with van der Waals surface area (Å²) in [4.78, 5) is 27.1. The molecule has 7 nitrogen and oxygen atoms in total. The van der Waals surface area contributed by atoms with Gasteiger partial charge in [0.05, 0.1) is 5.52 Å². The number of hydrogen-bond donors (Lipinski definition) is 1. The molecule has 0 radical (unpaired) electrons. The molecule has 8 heteroatoms. The molecule has 4 rings (SSSR count). The molecule has 1 saturated heterocycles. The van der Waals surface area contributed by atoms with E-state index in [9.17, 15) is 9.59 Å². The third-order valence-electron chi connectivity index (χ3n) is 5.12. The Morgan fingerprint density at radius 2 is 1.82 bits per heavy atom. The molecular formula is C20H20ClN5O2. The number of benzene rings is 2. The van der Waals surface area contributed by atoms with Gasteiger partial charge in [-0.2, -0.15) is 0 Å². The molecule has 0 unspecified atom stereocenters. The summed E-state index contributed by atoms with van der Waals surface area (Å²) in [5, 5.41) is 11.6. The summed E-state index contributed by atoms with van der Waals surface area (Å²) in [6, 6.07) is 12.5. The molecule has 1 fully saturated rings. The number of aryl methyl sites for hydroxylation is 1. The smallest absolute Gasteiger partial charge is 0.253 e. The highest BCUT2D eigenvalue weighted by Gasteiger charge is 2.28. The Bertz CT molecular complexity index is 1020. The van der Waals surface area contributed by atoms with E-state index in [4.69, 9.17) is 11.6 Å². The Labute approximate surface area is 167 Å². The summed E-state index contributed by atoms with van der Waals surface area (Å²) in [7, 11) is 1.82. The van der Waals surface area contributed by atoms with Crippen molar-refractivity contribution in [3.05, 3.63) is 53.1 Å². The van der Waals surface area contributed by atoms with Crippen LogP contribution < -0.4 is 5.32 Å². The van der Waals surface area contributed by atoms with Crippen LogP contribution in [0.15, 0.2) is 42.5 Å². The van der Waals surface area contributed by atoms with Crippen molar-refractivity contribution in [3.8, 4) is 0 Å². The van der Waals surface area contributed by atoms with E-state index < -0.39 is 0 Å². The maximum absolute atomic E-state index is 12.8. The SMILES string of the molecule is Cn1nnc2cc(C(=O)N3CCC(C(=O)Nc4ccc(Cl)cc4)CC3)ccc21. The first-order valence-electron chi connectivity index (χ1n) is 9.16. The number of anilines is 1. The normalized spacial score (nSPS) is 15.0. The topological polar surface area (TPSA) is 80.1 Å². The van der Waals surface area contributed by atoms with Gasteiger partial charge in [0, 0.05) is 42.3 Å². The number of carbonyl (C=O) groups is 2. The zero-order chi connectivity index (χ0) is 19.7. The lowest BCUT2D eigenvalue weighted by Gasteiger charge is -2.31. The van der Waals surface area contributed by atoms with E-state index in [0.29, 0.717) is 42.0 Å². The molecule has 0 bridgehead atoms. The predicted octanol–water partition coefficient (Wildman–Crippen LogP) is 3.11. The monoisotopic (exact) mass is 397 g/mol. The standard InChI is InChI=1S/C20H20ClN5O2/c1-25-18-7-2-14(12-17(18)23-24-25)20(28)26-10-8-13(9-11-26)19(27)22-16-5-3-15(21)4-6-16/h2-7,12-13H,8-11H2,1H3,(H,22,27). The van der Waals surface area contributed by atoms with E-state index in [1.54, 1.807) is 46.0 Å². The van der Waals surface area contributed by atoms with Crippen molar-refractivity contribution in [2.24, 2.45) is 13.0 Å². The molecule has 2 amide bonds. The maximum atomic E-state index is 12.8. The fourth-order valence-corrected chi connectivity index (χ4v) is 3.60. The van der Waals surface area contributed by atoms with Crippen molar-refractivity contribution in [3.63, 3.8) is 0 Å². The Balaban J connectivity index is 1.36. The zero-order valence-corrected chi connectivity index (χ0v) is 16.2. The highest BCUT2D eigenvalue weighted by Crippen LogP contribution is 2.22. The minimum absolute atomic E-state index is 0.0181. The van der Waals surface area contributed by atoms with Crippen LogP contribution in [0.25, 0.3) is 11.0 Å². The molecule has 2 heterocycles. The minimum atomic E-state index is -0.109. The first-order chi connectivity index (χ1) is 13.5. The summed E-state index contributed by atoms with van der Waals surface area (Å²) in [5.74, 6) is -0.165. The molecule has 1 aliphatic rings. The number of halogens is 1. The maximum Gasteiger partial charge on any atom is 0.253 e. The molecule has 1 aromatic heterocycles. The van der Waals surface area contributed by atoms with Crippen LogP contribution in [-0.4, -0.2) is 44.8 Å². The third kappa shape index (κ3) is 3.71. The number of nitrogens with one attached hydrogen (secondary N) is 1. The van der Waals surface area contributed by atoms with Crippen LogP contribution in [0.3, 0.4) is 0 Å². The number of piperidine rings is 1. The minimum Gasteiger partial charge on any atom is -0.339 e. The summed E-state index contributed by atoms with van der Waals surface area (Å²) >= 11 is 5.87. The van der Waals surface area contributed by atoms with E-state index in [1.165, 1.54) is 0 Å². The number of rotatable bonds is 3. The Morgan fingerprint density at radius 1 is 1.11 bits per heavy atom. The second-order valence-electron chi connectivity index (χ2n) is 6.98. The first kappa shape index (κ1) is 18.4. The van der Waals surface area contributed by atoms with Gasteiger partial charge in [-0.05, 0) is 55.3 Å². The number of aromatic nitrogens is 3. The van der Waals surface area contributed by atoms with Gasteiger partial charge in [0.2, 0.25) is 5.91 Å². The van der Waals surface area contributed by atoms with Gasteiger partial charge < -0.3 is 10.2 Å². The lowest BCUT2D eigenvalue weighted by Crippen LogP contribution is -2.41. The largest absolute Gasteiger partial charge is 0.339 e. The van der Waals surface area contributed by atoms with E-state index in [0.717, 1.165) is 11.2 Å². The number of hydrogen-bond acceptors (Lipinski definition) is 4. The first-order valence-corrected chi connectivity index (χ1v) is 9.54. The number of fused-ring (bicyclic) bond motifs is 1. The molecule has 28 heavy (non-hydrogen) atoms. The Hall–Kier alpha value is -2.93. The molecule has 0 atom stereocenters. The van der Waals surface area contributed by atoms with Crippen LogP contribution in [-0.2, 0) is 11.8 Å². The van der Waals surface area contributed by atoms with Gasteiger partial charge in [0.1, 0.15) is 5.52 Å². The summed E-state index contributed by atoms with van der Waals surface area (Å²) in [5.41, 5.74) is 2.90. The van der Waals surface area contributed by atoms with Crippen molar-refractivity contribution in [1.29, 1.82) is 0 Å². The molecule has 3 aromatic rings. The molecular weight excluding hydrogens is 378 g/mol. The zero-order valence-electron chi connectivity index (χ0n) is 15.4. The van der Waals surface area contributed by atoms with Crippen molar-refractivity contribution in [2.45, 2.75) is 12.8 Å². The van der Waals surface area contributed by atoms with Crippen LogP contribution >= 0.6 is 11.6 Å². The van der Waals surface area contributed by atoms with Gasteiger partial charge in [0.15, 0.2) is 0 Å². The average molecular weight is 398 g/mol. The van der Waals surface area contributed by atoms with E-state index >= 15 is 0 Å². The highest BCUT2D eigenvalue weighted by atomic mass is 35.5. The molecule has 1 aliphatic heterocycles. The van der Waals surface area contributed by atoms with E-state index in [1.807, 2.05) is 13.1 Å². The van der Waals surface area contributed by atoms with Gasteiger partial charge in [-0.15, -0.1) is 5.10 Å². The van der Waals surface area contributed by atoms with Crippen molar-refractivity contribution >= 4 is 40.1 Å². The fourth-order valence-electron chi connectivity index (χ4n) is 3.48. The molecule has 2 aromatic carbocycles. The van der Waals surface area contributed by atoms with Crippen molar-refractivity contribution in [2.75, 3.05) is 18.4 Å². The van der Waals surface area contributed by atoms with Crippen LogP contribution in [0.4, 0.5) is 5.69 Å². The third-order valence-corrected chi connectivity index (χ3v) is 5.37. The van der Waals surface area contributed by atoms with E-state index in [2.05, 4.69) is 15.6 Å². The van der Waals surface area contributed by atoms with Crippen LogP contribution in [0.2, 0.25) is 5.02 Å². The number of likely N-dealkylation sites (tertiary alicyclic amines) is 1. The lowest BCUT2D eigenvalue weighted by atomic mass is 9.95. The second kappa shape index (κ2) is 7.59. The summed E-state index contributed by atoms with van der Waals surface area (Å²) < 4.78 is 1.67. The molecule has 0 spiro atoms. The van der Waals surface area contributed by atoms with Crippen molar-refractivity contribution in [1.82, 2.24) is 19.9 Å². The number of amides is 2. The number of nitrogens with zero attached hydrogens (tertiary/aromatic N) is 4. The Kier molecular flexibility index (Phi) is 5.00. The highest BCUT2D eigenvalue weighted by molar-refractivity contribution is 6.30. The van der Waals surface area contributed by atoms with Crippen molar-refractivity contribution < 1.29 is 9.59 Å². The van der Waals surface area contributed by atoms with Gasteiger partial charge >= 0.3 is 0 Å². The van der Waals surface area contributed by atoms with Crippen LogP contribution in [0.1, 0.15) is 23.2 Å². The van der Waals surface area contributed by atoms with Gasteiger partial charge in [-0.1, -0.05) is 16.8 Å². The van der Waals surface area contributed by atoms with Gasteiger partial charge in [-0.25, -0.2) is 4.68 Å². The van der Waals surface area contributed by atoms with Gasteiger partial charge in [0.25, 0.3) is 5.91 Å². The Morgan fingerprint density at radius 3 is 2.54 bits per heavy atom. The molecule has 144 valence electrons. The van der Waals surface area contributed by atoms with Gasteiger partial charge in [-0.3, -0.25) is 9.59 Å². The molecule has 0 aliphatic carbocycles. The molecule has 0 saturated carbocycles. The van der Waals surface area contributed by atoms with E-state index in [-0.39, 0.29) is 17.7 Å². The summed E-state index contributed by atoms with van der Waals surface area (Å²) in [6.07, 6.45) is 1.27. The fraction of sp³-hybridized carbons (Fsp3) is 0.300. The van der Waals surface area contributed by atoms with Crippen LogP contribution in [0, 0.1) is 5.92 Å². The summed E-state index contributed by atoms with van der Waals surface area (Å²) in [6.45, 7) is 1.10. The number of carbonyl (C=O) groups excluding carboxylic acids is 2.